The molecule has 10 heteroatoms. The van der Waals surface area contributed by atoms with E-state index in [1.165, 1.54) is 18.0 Å². The summed E-state index contributed by atoms with van der Waals surface area (Å²) in [6.07, 6.45) is 4.03. The SMILES string of the molecule is CC(C)N(CCCN=O)C(=O)C1NC2=C(CCOc3cc(/C(C=N)=C/NN)ccc32)S1. The molecule has 2 aliphatic heterocycles. The number of allylic oxidation sites excluding steroid dienone is 1. The number of nitrogens with one attached hydrogen (secondary N) is 3. The predicted octanol–water partition coefficient (Wildman–Crippen LogP) is 2.65. The molecule has 3 rings (SSSR count). The second-order valence-corrected chi connectivity index (χ2v) is 8.69. The van der Waals surface area contributed by atoms with Crippen molar-refractivity contribution in [1.82, 2.24) is 15.6 Å². The molecule has 1 amide bonds. The van der Waals surface area contributed by atoms with Crippen LogP contribution in [0.3, 0.4) is 0 Å². The Labute approximate surface area is 185 Å². The summed E-state index contributed by atoms with van der Waals surface area (Å²) in [6, 6.07) is 5.76. The Kier molecular flexibility index (Phi) is 7.69. The number of carbonyl (C=O) groups excluding carboxylic acids is 1. The number of hydrogen-bond donors (Lipinski definition) is 4. The Morgan fingerprint density at radius 1 is 1.52 bits per heavy atom. The summed E-state index contributed by atoms with van der Waals surface area (Å²) < 4.78 is 5.96. The quantitative estimate of drug-likeness (QED) is 0.151. The minimum atomic E-state index is -0.416. The zero-order chi connectivity index (χ0) is 22.4. The highest BCUT2D eigenvalue weighted by molar-refractivity contribution is 8.04. The molecule has 0 radical (unpaired) electrons. The molecule has 166 valence electrons. The maximum atomic E-state index is 13.2. The van der Waals surface area contributed by atoms with Crippen LogP contribution in [0.2, 0.25) is 0 Å². The van der Waals surface area contributed by atoms with Gasteiger partial charge in [-0.25, -0.2) is 0 Å². The molecule has 1 aromatic rings. The van der Waals surface area contributed by atoms with E-state index in [9.17, 15) is 9.70 Å². The predicted molar refractivity (Wildman–Crippen MR) is 124 cm³/mol. The van der Waals surface area contributed by atoms with Crippen molar-refractivity contribution in [2.45, 2.75) is 38.1 Å². The van der Waals surface area contributed by atoms with Gasteiger partial charge < -0.3 is 25.8 Å². The highest BCUT2D eigenvalue weighted by atomic mass is 32.2. The third-order valence-electron chi connectivity index (χ3n) is 5.16. The first-order valence-corrected chi connectivity index (χ1v) is 11.1. The standard InChI is InChI=1S/C21H28N6O3S/c1-13(2)27(8-3-7-25-29)21(28)20-26-19-16-5-4-14(15(11-22)12-24-23)10-17(16)30-9-6-18(19)31-20/h4-5,10-13,20,22,24,26H,3,6-9,23H2,1-2H3/b15-12+,22-11?. The number of nitrogens with zero attached hydrogens (tertiary/aromatic N) is 2. The third-order valence-corrected chi connectivity index (χ3v) is 6.41. The van der Waals surface area contributed by atoms with Crippen LogP contribution >= 0.6 is 11.8 Å². The lowest BCUT2D eigenvalue weighted by atomic mass is 10.0. The molecule has 9 nitrogen and oxygen atoms in total. The van der Waals surface area contributed by atoms with Gasteiger partial charge in [0.1, 0.15) is 5.75 Å². The second kappa shape index (κ2) is 10.5. The molecule has 0 bridgehead atoms. The monoisotopic (exact) mass is 444 g/mol. The number of ether oxygens (including phenoxy) is 1. The van der Waals surface area contributed by atoms with Crippen LogP contribution in [0.1, 0.15) is 37.8 Å². The number of nitrogens with two attached hydrogens (primary N) is 1. The Morgan fingerprint density at radius 2 is 2.32 bits per heavy atom. The fourth-order valence-electron chi connectivity index (χ4n) is 3.62. The fourth-order valence-corrected chi connectivity index (χ4v) is 4.81. The number of hydrogen-bond acceptors (Lipinski definition) is 9. The summed E-state index contributed by atoms with van der Waals surface area (Å²) in [6.45, 7) is 5.15. The van der Waals surface area contributed by atoms with E-state index in [-0.39, 0.29) is 18.5 Å². The van der Waals surface area contributed by atoms with Crippen molar-refractivity contribution < 1.29 is 9.53 Å². The molecule has 0 fully saturated rings. The van der Waals surface area contributed by atoms with Crippen LogP contribution in [0.15, 0.2) is 34.5 Å². The Morgan fingerprint density at radius 3 is 3.00 bits per heavy atom. The molecule has 0 saturated carbocycles. The number of nitroso groups, excluding NO2 is 1. The number of hydrazine groups is 1. The van der Waals surface area contributed by atoms with Crippen molar-refractivity contribution in [1.29, 1.82) is 5.41 Å². The summed E-state index contributed by atoms with van der Waals surface area (Å²) in [5.74, 6) is 6.07. The van der Waals surface area contributed by atoms with Gasteiger partial charge in [0.05, 0.1) is 18.8 Å². The van der Waals surface area contributed by atoms with Gasteiger partial charge in [0.15, 0.2) is 5.37 Å². The van der Waals surface area contributed by atoms with Crippen molar-refractivity contribution in [3.05, 3.63) is 45.3 Å². The van der Waals surface area contributed by atoms with Gasteiger partial charge in [0, 0.05) is 47.5 Å². The smallest absolute Gasteiger partial charge is 0.256 e. The first-order valence-electron chi connectivity index (χ1n) is 10.2. The molecule has 2 aliphatic rings. The number of rotatable bonds is 9. The van der Waals surface area contributed by atoms with Gasteiger partial charge in [-0.1, -0.05) is 23.0 Å². The molecule has 1 unspecified atom stereocenters. The van der Waals surface area contributed by atoms with E-state index in [4.69, 9.17) is 16.0 Å². The van der Waals surface area contributed by atoms with E-state index in [1.807, 2.05) is 32.0 Å². The van der Waals surface area contributed by atoms with Crippen LogP contribution in [0.25, 0.3) is 11.3 Å². The molecule has 2 heterocycles. The van der Waals surface area contributed by atoms with Crippen LogP contribution < -0.4 is 21.3 Å². The average molecular weight is 445 g/mol. The minimum Gasteiger partial charge on any atom is -0.492 e. The van der Waals surface area contributed by atoms with E-state index in [1.54, 1.807) is 11.1 Å². The maximum Gasteiger partial charge on any atom is 0.256 e. The molecular formula is C21H28N6O3S. The van der Waals surface area contributed by atoms with Gasteiger partial charge in [-0.15, -0.1) is 0 Å². The molecule has 5 N–H and O–H groups in total. The van der Waals surface area contributed by atoms with Gasteiger partial charge in [-0.2, -0.15) is 4.91 Å². The number of amides is 1. The van der Waals surface area contributed by atoms with Crippen molar-refractivity contribution in [2.75, 3.05) is 19.7 Å². The van der Waals surface area contributed by atoms with Gasteiger partial charge in [-0.05, 0) is 38.0 Å². The van der Waals surface area contributed by atoms with E-state index < -0.39 is 5.37 Å². The summed E-state index contributed by atoms with van der Waals surface area (Å²) in [5.41, 5.74) is 5.71. The first kappa shape index (κ1) is 22.8. The molecule has 0 aromatic heterocycles. The van der Waals surface area contributed by atoms with E-state index in [2.05, 4.69) is 15.9 Å². The van der Waals surface area contributed by atoms with Crippen molar-refractivity contribution in [3.8, 4) is 5.75 Å². The first-order chi connectivity index (χ1) is 15.0. The summed E-state index contributed by atoms with van der Waals surface area (Å²) in [4.78, 5) is 26.5. The summed E-state index contributed by atoms with van der Waals surface area (Å²) in [5, 5.41) is 13.5. The highest BCUT2D eigenvalue weighted by Crippen LogP contribution is 2.43. The lowest BCUT2D eigenvalue weighted by Crippen LogP contribution is -2.46. The van der Waals surface area contributed by atoms with Gasteiger partial charge in [-0.3, -0.25) is 10.6 Å². The van der Waals surface area contributed by atoms with Crippen molar-refractivity contribution in [2.24, 2.45) is 11.0 Å². The maximum absolute atomic E-state index is 13.2. The van der Waals surface area contributed by atoms with E-state index in [0.29, 0.717) is 37.3 Å². The lowest BCUT2D eigenvalue weighted by molar-refractivity contribution is -0.132. The molecule has 0 aliphatic carbocycles. The van der Waals surface area contributed by atoms with Gasteiger partial charge in [0.25, 0.3) is 5.91 Å². The Balaban J connectivity index is 1.82. The summed E-state index contributed by atoms with van der Waals surface area (Å²) in [7, 11) is 0. The largest absolute Gasteiger partial charge is 0.492 e. The second-order valence-electron chi connectivity index (χ2n) is 7.49. The zero-order valence-corrected chi connectivity index (χ0v) is 18.5. The fraction of sp³-hybridized carbons (Fsp3) is 0.429. The number of carbonyl (C=O) groups is 1. The van der Waals surface area contributed by atoms with E-state index >= 15 is 0 Å². The number of fused-ring (bicyclic) bond motifs is 2. The van der Waals surface area contributed by atoms with Gasteiger partial charge in [0.2, 0.25) is 0 Å². The molecule has 31 heavy (non-hydrogen) atoms. The molecule has 1 atom stereocenters. The summed E-state index contributed by atoms with van der Waals surface area (Å²) >= 11 is 1.53. The molecule has 1 aromatic carbocycles. The van der Waals surface area contributed by atoms with Gasteiger partial charge >= 0.3 is 0 Å². The lowest BCUT2D eigenvalue weighted by Gasteiger charge is -2.29. The van der Waals surface area contributed by atoms with Crippen molar-refractivity contribution in [3.63, 3.8) is 0 Å². The van der Waals surface area contributed by atoms with Crippen molar-refractivity contribution >= 4 is 35.2 Å². The normalized spacial score (nSPS) is 17.8. The van der Waals surface area contributed by atoms with E-state index in [0.717, 1.165) is 21.7 Å². The number of benzene rings is 1. The number of thioether (sulfide) groups is 1. The Hall–Kier alpha value is -2.85. The zero-order valence-electron chi connectivity index (χ0n) is 17.7. The van der Waals surface area contributed by atoms with Crippen LogP contribution in [-0.2, 0) is 4.79 Å². The molecule has 0 saturated heterocycles. The Bertz CT molecular complexity index is 914. The molecule has 0 spiro atoms. The van der Waals surface area contributed by atoms with Crippen LogP contribution in [0.5, 0.6) is 5.75 Å². The van der Waals surface area contributed by atoms with Crippen LogP contribution in [0, 0.1) is 10.3 Å². The topological polar surface area (TPSA) is 133 Å². The minimum absolute atomic E-state index is 0.00102. The molecular weight excluding hydrogens is 416 g/mol. The average Bonchev–Trinajstić information content (AvgIpc) is 3.11. The van der Waals surface area contributed by atoms with Crippen LogP contribution in [-0.4, -0.2) is 48.1 Å². The van der Waals surface area contributed by atoms with Crippen LogP contribution in [0.4, 0.5) is 0 Å². The third kappa shape index (κ3) is 5.08. The highest BCUT2D eigenvalue weighted by Gasteiger charge is 2.35.